The molecule has 8 aromatic rings. The van der Waals surface area contributed by atoms with Crippen LogP contribution in [-0.2, 0) is 6.18 Å². The van der Waals surface area contributed by atoms with E-state index in [-0.39, 0.29) is 0 Å². The van der Waals surface area contributed by atoms with Gasteiger partial charge in [0.15, 0.2) is 0 Å². The van der Waals surface area contributed by atoms with E-state index in [1.165, 1.54) is 12.1 Å². The van der Waals surface area contributed by atoms with E-state index in [2.05, 4.69) is 84.9 Å². The Kier molecular flexibility index (Phi) is 6.31. The average molecular weight is 591 g/mol. The van der Waals surface area contributed by atoms with Crippen molar-refractivity contribution in [3.63, 3.8) is 0 Å². The Morgan fingerprint density at radius 1 is 0.400 bits per heavy atom. The van der Waals surface area contributed by atoms with Crippen LogP contribution in [0.2, 0.25) is 0 Å². The number of rotatable bonds is 4. The van der Waals surface area contributed by atoms with Gasteiger partial charge in [-0.3, -0.25) is 0 Å². The van der Waals surface area contributed by atoms with E-state index in [0.29, 0.717) is 0 Å². The van der Waals surface area contributed by atoms with Crippen molar-refractivity contribution in [1.82, 2.24) is 0 Å². The maximum atomic E-state index is 12.9. The Labute approximate surface area is 257 Å². The number of hydrogen-bond donors (Lipinski definition) is 0. The van der Waals surface area contributed by atoms with Crippen LogP contribution < -0.4 is 0 Å². The summed E-state index contributed by atoms with van der Waals surface area (Å²) < 4.78 is 45.1. The molecule has 0 spiro atoms. The Balaban J connectivity index is 1.07. The second kappa shape index (κ2) is 10.5. The van der Waals surface area contributed by atoms with Crippen molar-refractivity contribution >= 4 is 32.7 Å². The fourth-order valence-corrected chi connectivity index (χ4v) is 6.13. The fourth-order valence-electron chi connectivity index (χ4n) is 6.13. The first-order valence-electron chi connectivity index (χ1n) is 14.7. The normalized spacial score (nSPS) is 11.9. The van der Waals surface area contributed by atoms with E-state index >= 15 is 0 Å². The van der Waals surface area contributed by atoms with Gasteiger partial charge in [0.1, 0.15) is 11.2 Å². The molecule has 0 aliphatic rings. The lowest BCUT2D eigenvalue weighted by molar-refractivity contribution is -0.137. The van der Waals surface area contributed by atoms with E-state index in [1.54, 1.807) is 0 Å². The van der Waals surface area contributed by atoms with Crippen molar-refractivity contribution in [1.29, 1.82) is 0 Å². The highest BCUT2D eigenvalue weighted by Gasteiger charge is 2.30. The van der Waals surface area contributed by atoms with Crippen molar-refractivity contribution in [3.05, 3.63) is 157 Å². The molecule has 0 unspecified atom stereocenters. The van der Waals surface area contributed by atoms with Crippen molar-refractivity contribution < 1.29 is 17.6 Å². The van der Waals surface area contributed by atoms with Crippen molar-refractivity contribution in [2.45, 2.75) is 6.18 Å². The summed E-state index contributed by atoms with van der Waals surface area (Å²) in [6, 6.07) is 49.1. The third-order valence-corrected chi connectivity index (χ3v) is 8.54. The summed E-state index contributed by atoms with van der Waals surface area (Å²) in [7, 11) is 0. The van der Waals surface area contributed by atoms with Gasteiger partial charge in [-0.2, -0.15) is 13.2 Å². The standard InChI is InChI=1S/C41H25F3O/c42-41(43,44)35-22-20-27(21-23-35)26-8-10-28(11-9-26)32-18-14-30-15-19-33(25-34(30)24-32)29-12-16-31(17-13-29)36-5-3-6-38-37-4-1-2-7-39(37)45-40(36)38/h1-25H. The number of halogens is 3. The van der Waals surface area contributed by atoms with Crippen LogP contribution in [0, 0.1) is 0 Å². The van der Waals surface area contributed by atoms with Crippen LogP contribution in [0.15, 0.2) is 156 Å². The predicted molar refractivity (Wildman–Crippen MR) is 178 cm³/mol. The maximum Gasteiger partial charge on any atom is 0.416 e. The largest absolute Gasteiger partial charge is 0.455 e. The molecule has 7 aromatic carbocycles. The van der Waals surface area contributed by atoms with Crippen molar-refractivity contribution in [2.24, 2.45) is 0 Å². The zero-order chi connectivity index (χ0) is 30.5. The molecule has 216 valence electrons. The quantitative estimate of drug-likeness (QED) is 0.199. The molecule has 8 rings (SSSR count). The highest BCUT2D eigenvalue weighted by molar-refractivity contribution is 6.09. The molecule has 0 radical (unpaired) electrons. The third-order valence-electron chi connectivity index (χ3n) is 8.54. The minimum Gasteiger partial charge on any atom is -0.455 e. The molecule has 4 heteroatoms. The predicted octanol–water partition coefficient (Wildman–Crippen LogP) is 12.4. The van der Waals surface area contributed by atoms with Crippen LogP contribution in [0.3, 0.4) is 0 Å². The second-order valence-corrected chi connectivity index (χ2v) is 11.3. The minimum absolute atomic E-state index is 0.644. The molecule has 0 aliphatic carbocycles. The average Bonchev–Trinajstić information content (AvgIpc) is 3.47. The zero-order valence-electron chi connectivity index (χ0n) is 24.0. The Morgan fingerprint density at radius 3 is 1.49 bits per heavy atom. The molecule has 0 saturated carbocycles. The van der Waals surface area contributed by atoms with Crippen LogP contribution in [0.5, 0.6) is 0 Å². The van der Waals surface area contributed by atoms with Crippen LogP contribution in [0.4, 0.5) is 13.2 Å². The van der Waals surface area contributed by atoms with Gasteiger partial charge in [0.25, 0.3) is 0 Å². The summed E-state index contributed by atoms with van der Waals surface area (Å²) in [4.78, 5) is 0. The van der Waals surface area contributed by atoms with Gasteiger partial charge in [0.05, 0.1) is 5.56 Å². The van der Waals surface area contributed by atoms with Crippen LogP contribution in [0.25, 0.3) is 77.2 Å². The van der Waals surface area contributed by atoms with Crippen LogP contribution in [-0.4, -0.2) is 0 Å². The summed E-state index contributed by atoms with van der Waals surface area (Å²) in [6.45, 7) is 0. The molecule has 1 nitrogen and oxygen atoms in total. The minimum atomic E-state index is -4.34. The lowest BCUT2D eigenvalue weighted by atomic mass is 9.95. The molecule has 0 aliphatic heterocycles. The monoisotopic (exact) mass is 590 g/mol. The van der Waals surface area contributed by atoms with Crippen molar-refractivity contribution in [2.75, 3.05) is 0 Å². The third kappa shape index (κ3) is 4.95. The molecule has 1 heterocycles. The molecule has 0 N–H and O–H groups in total. The SMILES string of the molecule is FC(F)(F)c1ccc(-c2ccc(-c3ccc4ccc(-c5ccc(-c6cccc7c6oc6ccccc67)cc5)cc4c3)cc2)cc1. The summed E-state index contributed by atoms with van der Waals surface area (Å²) in [5.41, 5.74) is 9.32. The maximum absolute atomic E-state index is 12.9. The summed E-state index contributed by atoms with van der Waals surface area (Å²) in [5.74, 6) is 0. The first-order valence-corrected chi connectivity index (χ1v) is 14.7. The van der Waals surface area contributed by atoms with E-state index in [0.717, 1.165) is 89.4 Å². The van der Waals surface area contributed by atoms with E-state index < -0.39 is 11.7 Å². The highest BCUT2D eigenvalue weighted by atomic mass is 19.4. The molecular weight excluding hydrogens is 565 g/mol. The van der Waals surface area contributed by atoms with Gasteiger partial charge in [0.2, 0.25) is 0 Å². The van der Waals surface area contributed by atoms with Crippen molar-refractivity contribution in [3.8, 4) is 44.5 Å². The molecule has 1 aromatic heterocycles. The summed E-state index contributed by atoms with van der Waals surface area (Å²) in [6.07, 6.45) is -4.34. The number of fused-ring (bicyclic) bond motifs is 4. The summed E-state index contributed by atoms with van der Waals surface area (Å²) in [5, 5.41) is 4.52. The Hall–Kier alpha value is -5.61. The van der Waals surface area contributed by atoms with E-state index in [9.17, 15) is 13.2 Å². The van der Waals surface area contributed by atoms with E-state index in [1.807, 2.05) is 42.5 Å². The first kappa shape index (κ1) is 27.0. The number of alkyl halides is 3. The summed E-state index contributed by atoms with van der Waals surface area (Å²) >= 11 is 0. The van der Waals surface area contributed by atoms with Gasteiger partial charge in [-0.25, -0.2) is 0 Å². The lowest BCUT2D eigenvalue weighted by Gasteiger charge is -2.10. The number of hydrogen-bond acceptors (Lipinski definition) is 1. The van der Waals surface area contributed by atoms with Gasteiger partial charge in [-0.05, 0) is 80.0 Å². The van der Waals surface area contributed by atoms with Gasteiger partial charge < -0.3 is 4.42 Å². The molecule has 0 bridgehead atoms. The smallest absolute Gasteiger partial charge is 0.416 e. The first-order chi connectivity index (χ1) is 21.9. The topological polar surface area (TPSA) is 13.1 Å². The molecule has 0 fully saturated rings. The molecule has 0 amide bonds. The molecule has 0 atom stereocenters. The number of para-hydroxylation sites is 2. The highest BCUT2D eigenvalue weighted by Crippen LogP contribution is 2.37. The van der Waals surface area contributed by atoms with Gasteiger partial charge >= 0.3 is 6.18 Å². The lowest BCUT2D eigenvalue weighted by Crippen LogP contribution is -2.03. The van der Waals surface area contributed by atoms with Gasteiger partial charge in [0, 0.05) is 16.3 Å². The van der Waals surface area contributed by atoms with Crippen LogP contribution in [0.1, 0.15) is 5.56 Å². The molecule has 45 heavy (non-hydrogen) atoms. The Morgan fingerprint density at radius 2 is 0.889 bits per heavy atom. The second-order valence-electron chi connectivity index (χ2n) is 11.3. The van der Waals surface area contributed by atoms with Gasteiger partial charge in [-0.1, -0.05) is 121 Å². The Bertz CT molecular complexity index is 2330. The van der Waals surface area contributed by atoms with Gasteiger partial charge in [-0.15, -0.1) is 0 Å². The number of benzene rings is 7. The molecule has 0 saturated heterocycles. The number of furan rings is 1. The van der Waals surface area contributed by atoms with Crippen LogP contribution >= 0.6 is 0 Å². The van der Waals surface area contributed by atoms with E-state index in [4.69, 9.17) is 4.42 Å². The zero-order valence-corrected chi connectivity index (χ0v) is 24.0. The fraction of sp³-hybridized carbons (Fsp3) is 0.0244. The molecular formula is C41H25F3O.